The Balaban J connectivity index is 1.89. The van der Waals surface area contributed by atoms with Gasteiger partial charge in [0.2, 0.25) is 11.8 Å². The number of hydrogen-bond donors (Lipinski definition) is 1. The van der Waals surface area contributed by atoms with Gasteiger partial charge in [0.05, 0.1) is 5.56 Å². The minimum absolute atomic E-state index is 0.00372. The van der Waals surface area contributed by atoms with Gasteiger partial charge in [0.15, 0.2) is 0 Å². The van der Waals surface area contributed by atoms with Gasteiger partial charge >= 0.3 is 0 Å². The van der Waals surface area contributed by atoms with Gasteiger partial charge in [-0.3, -0.25) is 14.4 Å². The monoisotopic (exact) mass is 461 g/mol. The number of carbonyl (C=O) groups is 3. The molecule has 0 aliphatic carbocycles. The van der Waals surface area contributed by atoms with Gasteiger partial charge in [-0.05, 0) is 50.6 Å². The fourth-order valence-electron chi connectivity index (χ4n) is 3.38. The molecule has 1 N–H and O–H groups in total. The van der Waals surface area contributed by atoms with Crippen LogP contribution in [0.4, 0.5) is 4.39 Å². The molecule has 10 heteroatoms. The van der Waals surface area contributed by atoms with Crippen LogP contribution in [0.25, 0.3) is 0 Å². The molecule has 2 aromatic rings. The number of nitrogens with one attached hydrogen (secondary N) is 1. The number of carbonyl (C=O) groups excluding carboxylic acids is 3. The Bertz CT molecular complexity index is 1150. The van der Waals surface area contributed by atoms with E-state index in [1.165, 1.54) is 60.4 Å². The predicted octanol–water partition coefficient (Wildman–Crippen LogP) is 1.91. The molecule has 3 rings (SSSR count). The summed E-state index contributed by atoms with van der Waals surface area (Å²) in [5.41, 5.74) is 0.541. The average Bonchev–Trinajstić information content (AvgIpc) is 2.93. The highest BCUT2D eigenvalue weighted by molar-refractivity contribution is 7.90. The minimum Gasteiger partial charge on any atom is -0.352 e. The van der Waals surface area contributed by atoms with Gasteiger partial charge in [0.1, 0.15) is 23.3 Å². The van der Waals surface area contributed by atoms with Crippen LogP contribution in [0.2, 0.25) is 0 Å². The van der Waals surface area contributed by atoms with Crippen LogP contribution in [0.15, 0.2) is 53.4 Å². The van der Waals surface area contributed by atoms with Crippen molar-refractivity contribution in [3.8, 4) is 0 Å². The first kappa shape index (κ1) is 23.4. The lowest BCUT2D eigenvalue weighted by atomic mass is 10.1. The number of halogens is 1. The van der Waals surface area contributed by atoms with Crippen molar-refractivity contribution in [2.45, 2.75) is 44.3 Å². The smallest absolute Gasteiger partial charge is 0.269 e. The highest BCUT2D eigenvalue weighted by atomic mass is 32.2. The Morgan fingerprint density at radius 2 is 1.69 bits per heavy atom. The Morgan fingerprint density at radius 1 is 1.06 bits per heavy atom. The zero-order valence-corrected chi connectivity index (χ0v) is 18.7. The van der Waals surface area contributed by atoms with E-state index in [1.807, 2.05) is 0 Å². The second-order valence-electron chi connectivity index (χ2n) is 7.80. The van der Waals surface area contributed by atoms with Crippen molar-refractivity contribution in [1.82, 2.24) is 14.5 Å². The molecule has 1 aliphatic heterocycles. The molecule has 1 aliphatic rings. The molecule has 0 unspecified atom stereocenters. The molecule has 0 saturated carbocycles. The Morgan fingerprint density at radius 3 is 2.28 bits per heavy atom. The number of rotatable bonds is 7. The zero-order chi connectivity index (χ0) is 23.6. The minimum atomic E-state index is -4.18. The number of nitrogens with zero attached hydrogens (tertiary/aromatic N) is 2. The van der Waals surface area contributed by atoms with E-state index >= 15 is 0 Å². The summed E-state index contributed by atoms with van der Waals surface area (Å²) >= 11 is 0. The molecule has 0 fully saturated rings. The second-order valence-corrected chi connectivity index (χ2v) is 9.63. The molecule has 32 heavy (non-hydrogen) atoms. The average molecular weight is 462 g/mol. The maximum absolute atomic E-state index is 13.3. The number of hydrogen-bond acceptors (Lipinski definition) is 5. The molecule has 1 atom stereocenters. The van der Waals surface area contributed by atoms with Gasteiger partial charge in [0.25, 0.3) is 15.9 Å². The van der Waals surface area contributed by atoms with E-state index in [1.54, 1.807) is 13.8 Å². The zero-order valence-electron chi connectivity index (χ0n) is 17.9. The molecule has 170 valence electrons. The van der Waals surface area contributed by atoms with E-state index in [0.29, 0.717) is 9.87 Å². The van der Waals surface area contributed by atoms with Crippen molar-refractivity contribution in [3.05, 3.63) is 65.5 Å². The van der Waals surface area contributed by atoms with Crippen molar-refractivity contribution >= 4 is 27.7 Å². The maximum atomic E-state index is 13.3. The quantitative estimate of drug-likeness (QED) is 0.679. The standard InChI is InChI=1S/C22H24FN3O5S/c1-14(2)24-21(28)15(3)25(12-16-8-10-17(23)11-9-16)20(27)13-26-22(29)18-6-4-5-7-19(18)32(26,30)31/h4-11,14-15H,12-13H2,1-3H3,(H,24,28)/t15-/m0/s1. The molecule has 0 aromatic heterocycles. The van der Waals surface area contributed by atoms with Crippen LogP contribution in [0.1, 0.15) is 36.7 Å². The lowest BCUT2D eigenvalue weighted by Crippen LogP contribution is -2.52. The fraction of sp³-hybridized carbons (Fsp3) is 0.318. The molecular formula is C22H24FN3O5S. The Hall–Kier alpha value is -3.27. The first-order chi connectivity index (χ1) is 15.0. The molecule has 8 nitrogen and oxygen atoms in total. The molecule has 1 heterocycles. The van der Waals surface area contributed by atoms with E-state index < -0.39 is 46.1 Å². The van der Waals surface area contributed by atoms with Crippen molar-refractivity contribution in [2.24, 2.45) is 0 Å². The first-order valence-corrected chi connectivity index (χ1v) is 11.5. The van der Waals surface area contributed by atoms with Crippen LogP contribution >= 0.6 is 0 Å². The maximum Gasteiger partial charge on any atom is 0.269 e. The van der Waals surface area contributed by atoms with Gasteiger partial charge in [-0.2, -0.15) is 0 Å². The summed E-state index contributed by atoms with van der Waals surface area (Å²) < 4.78 is 39.4. The van der Waals surface area contributed by atoms with E-state index in [4.69, 9.17) is 0 Å². The van der Waals surface area contributed by atoms with Crippen LogP contribution in [-0.4, -0.2) is 54.0 Å². The van der Waals surface area contributed by atoms with Crippen molar-refractivity contribution in [2.75, 3.05) is 6.54 Å². The third-order valence-electron chi connectivity index (χ3n) is 5.06. The topological polar surface area (TPSA) is 104 Å². The molecule has 0 bridgehead atoms. The number of benzene rings is 2. The van der Waals surface area contributed by atoms with Gasteiger partial charge in [-0.15, -0.1) is 0 Å². The highest BCUT2D eigenvalue weighted by Crippen LogP contribution is 2.30. The SMILES string of the molecule is CC(C)NC(=O)[C@H](C)N(Cc1ccc(F)cc1)C(=O)CN1C(=O)c2ccccc2S1(=O)=O. The predicted molar refractivity (Wildman–Crippen MR) is 114 cm³/mol. The summed E-state index contributed by atoms with van der Waals surface area (Å²) in [6, 6.07) is 9.97. The second kappa shape index (κ2) is 9.07. The largest absolute Gasteiger partial charge is 0.352 e. The number of sulfonamides is 1. The molecule has 2 aromatic carbocycles. The summed E-state index contributed by atoms with van der Waals surface area (Å²) in [7, 11) is -4.18. The van der Waals surface area contributed by atoms with E-state index in [9.17, 15) is 27.2 Å². The number of amides is 3. The van der Waals surface area contributed by atoms with Gasteiger partial charge in [-0.25, -0.2) is 17.1 Å². The molecule has 0 spiro atoms. The van der Waals surface area contributed by atoms with Crippen LogP contribution in [0.3, 0.4) is 0 Å². The summed E-state index contributed by atoms with van der Waals surface area (Å²) in [6.07, 6.45) is 0. The van der Waals surface area contributed by atoms with Crippen LogP contribution in [0.5, 0.6) is 0 Å². The van der Waals surface area contributed by atoms with Gasteiger partial charge < -0.3 is 10.2 Å². The molecule has 0 radical (unpaired) electrons. The third kappa shape index (κ3) is 4.64. The van der Waals surface area contributed by atoms with Crippen LogP contribution in [0, 0.1) is 5.82 Å². The Labute approximate surface area is 186 Å². The van der Waals surface area contributed by atoms with Crippen LogP contribution < -0.4 is 5.32 Å². The third-order valence-corrected chi connectivity index (χ3v) is 6.84. The molecule has 3 amide bonds. The van der Waals surface area contributed by atoms with Gasteiger partial charge in [0, 0.05) is 12.6 Å². The molecular weight excluding hydrogens is 437 g/mol. The number of fused-ring (bicyclic) bond motifs is 1. The van der Waals surface area contributed by atoms with Gasteiger partial charge in [-0.1, -0.05) is 24.3 Å². The fourth-order valence-corrected chi connectivity index (χ4v) is 4.89. The lowest BCUT2D eigenvalue weighted by Gasteiger charge is -2.30. The summed E-state index contributed by atoms with van der Waals surface area (Å²) in [4.78, 5) is 39.5. The molecule has 0 saturated heterocycles. The van der Waals surface area contributed by atoms with Crippen molar-refractivity contribution < 1.29 is 27.2 Å². The van der Waals surface area contributed by atoms with Crippen molar-refractivity contribution in [3.63, 3.8) is 0 Å². The van der Waals surface area contributed by atoms with Crippen molar-refractivity contribution in [1.29, 1.82) is 0 Å². The van der Waals surface area contributed by atoms with E-state index in [2.05, 4.69) is 5.32 Å². The normalized spacial score (nSPS) is 15.4. The summed E-state index contributed by atoms with van der Waals surface area (Å²) in [6.45, 7) is 4.22. The van der Waals surface area contributed by atoms with Crippen LogP contribution in [-0.2, 0) is 26.2 Å². The highest BCUT2D eigenvalue weighted by Gasteiger charge is 2.43. The first-order valence-electron chi connectivity index (χ1n) is 10.0. The lowest BCUT2D eigenvalue weighted by molar-refractivity contribution is -0.140. The summed E-state index contributed by atoms with van der Waals surface area (Å²) in [5.74, 6) is -2.42. The van der Waals surface area contributed by atoms with E-state index in [0.717, 1.165) is 0 Å². The Kier molecular flexibility index (Phi) is 6.63. The van der Waals surface area contributed by atoms with E-state index in [-0.39, 0.29) is 23.0 Å². The summed E-state index contributed by atoms with van der Waals surface area (Å²) in [5, 5.41) is 2.71.